The predicted octanol–water partition coefficient (Wildman–Crippen LogP) is 2.71. The average Bonchev–Trinajstić information content (AvgIpc) is 2.63. The highest BCUT2D eigenvalue weighted by Gasteiger charge is 2.13. The van der Waals surface area contributed by atoms with Gasteiger partial charge in [0.25, 0.3) is 0 Å². The first-order chi connectivity index (χ1) is 7.65. The van der Waals surface area contributed by atoms with E-state index in [1.807, 2.05) is 13.0 Å². The average molecular weight is 220 g/mol. The molecule has 2 atom stereocenters. The highest BCUT2D eigenvalue weighted by molar-refractivity contribution is 5.38. The highest BCUT2D eigenvalue weighted by atomic mass is 16.5. The molecule has 0 amide bonds. The van der Waals surface area contributed by atoms with Gasteiger partial charge in [-0.1, -0.05) is 6.07 Å². The second kappa shape index (κ2) is 4.88. The molecule has 0 radical (unpaired) electrons. The van der Waals surface area contributed by atoms with Gasteiger partial charge < -0.3 is 9.84 Å². The summed E-state index contributed by atoms with van der Waals surface area (Å²) in [6.07, 6.45) is 4.10. The molecule has 0 bridgehead atoms. The summed E-state index contributed by atoms with van der Waals surface area (Å²) >= 11 is 0. The van der Waals surface area contributed by atoms with Crippen LogP contribution in [0.25, 0.3) is 0 Å². The van der Waals surface area contributed by atoms with Crippen LogP contribution in [0.2, 0.25) is 0 Å². The fraction of sp³-hybridized carbons (Fsp3) is 0.571. The summed E-state index contributed by atoms with van der Waals surface area (Å²) in [5.74, 6) is 0.939. The quantitative estimate of drug-likeness (QED) is 0.845. The Morgan fingerprint density at radius 3 is 2.75 bits per heavy atom. The molecule has 1 aliphatic rings. The van der Waals surface area contributed by atoms with Crippen molar-refractivity contribution in [3.63, 3.8) is 0 Å². The maximum absolute atomic E-state index is 9.28. The van der Waals surface area contributed by atoms with Gasteiger partial charge in [0.05, 0.1) is 12.2 Å². The number of rotatable bonds is 4. The van der Waals surface area contributed by atoms with Crippen molar-refractivity contribution in [2.45, 2.75) is 51.7 Å². The van der Waals surface area contributed by atoms with Gasteiger partial charge in [-0.15, -0.1) is 0 Å². The van der Waals surface area contributed by atoms with Gasteiger partial charge in [-0.25, -0.2) is 0 Å². The molecule has 2 unspecified atom stereocenters. The first-order valence-corrected chi connectivity index (χ1v) is 6.11. The van der Waals surface area contributed by atoms with Crippen LogP contribution in [0.3, 0.4) is 0 Å². The number of benzene rings is 1. The Balaban J connectivity index is 1.99. The monoisotopic (exact) mass is 220 g/mol. The minimum atomic E-state index is -0.301. The van der Waals surface area contributed by atoms with E-state index in [4.69, 9.17) is 4.74 Å². The van der Waals surface area contributed by atoms with Crippen molar-refractivity contribution < 1.29 is 9.84 Å². The Labute approximate surface area is 97.3 Å². The zero-order valence-corrected chi connectivity index (χ0v) is 10.1. The lowest BCUT2D eigenvalue weighted by molar-refractivity contribution is 0.115. The van der Waals surface area contributed by atoms with Crippen LogP contribution >= 0.6 is 0 Å². The minimum Gasteiger partial charge on any atom is -0.491 e. The van der Waals surface area contributed by atoms with Gasteiger partial charge >= 0.3 is 0 Å². The number of fused-ring (bicyclic) bond motifs is 1. The van der Waals surface area contributed by atoms with Gasteiger partial charge in [0, 0.05) is 6.42 Å². The van der Waals surface area contributed by atoms with E-state index in [2.05, 4.69) is 12.1 Å². The molecule has 0 fully saturated rings. The summed E-state index contributed by atoms with van der Waals surface area (Å²) in [5.41, 5.74) is 2.90. The Kier molecular flexibility index (Phi) is 3.49. The molecule has 0 heterocycles. The molecule has 0 saturated heterocycles. The molecule has 1 aliphatic carbocycles. The largest absolute Gasteiger partial charge is 0.491 e. The SMILES string of the molecule is CC(O)CC(C)Oc1ccc2c(c1)CCC2. The van der Waals surface area contributed by atoms with Crippen molar-refractivity contribution >= 4 is 0 Å². The van der Waals surface area contributed by atoms with Crippen molar-refractivity contribution in [2.75, 3.05) is 0 Å². The van der Waals surface area contributed by atoms with E-state index in [0.29, 0.717) is 6.42 Å². The molecule has 2 rings (SSSR count). The Morgan fingerprint density at radius 2 is 2.00 bits per heavy atom. The molecular formula is C14H20O2. The van der Waals surface area contributed by atoms with Gasteiger partial charge in [0.15, 0.2) is 0 Å². The molecule has 0 aromatic heterocycles. The zero-order valence-electron chi connectivity index (χ0n) is 10.1. The highest BCUT2D eigenvalue weighted by Crippen LogP contribution is 2.26. The molecule has 1 aromatic carbocycles. The summed E-state index contributed by atoms with van der Waals surface area (Å²) in [6.45, 7) is 3.79. The third-order valence-corrected chi connectivity index (χ3v) is 3.08. The first kappa shape index (κ1) is 11.5. The van der Waals surface area contributed by atoms with Gasteiger partial charge in [-0.05, 0) is 56.4 Å². The van der Waals surface area contributed by atoms with E-state index >= 15 is 0 Å². The normalized spacial score (nSPS) is 17.9. The molecule has 88 valence electrons. The zero-order chi connectivity index (χ0) is 11.5. The second-order valence-electron chi connectivity index (χ2n) is 4.80. The summed E-state index contributed by atoms with van der Waals surface area (Å²) < 4.78 is 5.79. The fourth-order valence-corrected chi connectivity index (χ4v) is 2.38. The smallest absolute Gasteiger partial charge is 0.119 e. The lowest BCUT2D eigenvalue weighted by Crippen LogP contribution is -2.18. The molecule has 16 heavy (non-hydrogen) atoms. The fourth-order valence-electron chi connectivity index (χ4n) is 2.38. The second-order valence-corrected chi connectivity index (χ2v) is 4.80. The Bertz CT molecular complexity index is 358. The lowest BCUT2D eigenvalue weighted by Gasteiger charge is -2.16. The van der Waals surface area contributed by atoms with Crippen molar-refractivity contribution in [2.24, 2.45) is 0 Å². The van der Waals surface area contributed by atoms with E-state index in [1.54, 1.807) is 6.92 Å². The van der Waals surface area contributed by atoms with Crippen molar-refractivity contribution in [1.29, 1.82) is 0 Å². The molecule has 1 N–H and O–H groups in total. The third-order valence-electron chi connectivity index (χ3n) is 3.08. The van der Waals surface area contributed by atoms with Crippen LogP contribution in [0.1, 0.15) is 37.8 Å². The van der Waals surface area contributed by atoms with Crippen molar-refractivity contribution in [3.05, 3.63) is 29.3 Å². The summed E-state index contributed by atoms with van der Waals surface area (Å²) in [6, 6.07) is 6.37. The van der Waals surface area contributed by atoms with E-state index < -0.39 is 0 Å². The van der Waals surface area contributed by atoms with Gasteiger partial charge in [0.2, 0.25) is 0 Å². The third kappa shape index (κ3) is 2.76. The molecule has 0 aliphatic heterocycles. The molecule has 0 spiro atoms. The van der Waals surface area contributed by atoms with E-state index in [0.717, 1.165) is 5.75 Å². The number of ether oxygens (including phenoxy) is 1. The first-order valence-electron chi connectivity index (χ1n) is 6.11. The number of aliphatic hydroxyl groups is 1. The van der Waals surface area contributed by atoms with Crippen molar-refractivity contribution in [3.8, 4) is 5.75 Å². The topological polar surface area (TPSA) is 29.5 Å². The number of aryl methyl sites for hydroxylation is 2. The summed E-state index contributed by atoms with van der Waals surface area (Å²) in [7, 11) is 0. The van der Waals surface area contributed by atoms with Crippen LogP contribution in [-0.4, -0.2) is 17.3 Å². The number of hydrogen-bond acceptors (Lipinski definition) is 2. The molecule has 0 saturated carbocycles. The van der Waals surface area contributed by atoms with Gasteiger partial charge in [-0.2, -0.15) is 0 Å². The standard InChI is InChI=1S/C14H20O2/c1-10(15)8-11(2)16-14-7-6-12-4-3-5-13(12)9-14/h6-7,9-11,15H,3-5,8H2,1-2H3. The van der Waals surface area contributed by atoms with E-state index in [9.17, 15) is 5.11 Å². The molecule has 1 aromatic rings. The minimum absolute atomic E-state index is 0.0689. The Hall–Kier alpha value is -1.02. The van der Waals surface area contributed by atoms with Gasteiger partial charge in [0.1, 0.15) is 5.75 Å². The maximum Gasteiger partial charge on any atom is 0.119 e. The summed E-state index contributed by atoms with van der Waals surface area (Å²) in [4.78, 5) is 0. The predicted molar refractivity (Wildman–Crippen MR) is 64.9 cm³/mol. The van der Waals surface area contributed by atoms with Crippen LogP contribution in [0, 0.1) is 0 Å². The van der Waals surface area contributed by atoms with Gasteiger partial charge in [-0.3, -0.25) is 0 Å². The van der Waals surface area contributed by atoms with E-state index in [-0.39, 0.29) is 12.2 Å². The number of aliphatic hydroxyl groups excluding tert-OH is 1. The molecule has 2 heteroatoms. The van der Waals surface area contributed by atoms with Crippen LogP contribution in [-0.2, 0) is 12.8 Å². The Morgan fingerprint density at radius 1 is 1.25 bits per heavy atom. The molecule has 2 nitrogen and oxygen atoms in total. The lowest BCUT2D eigenvalue weighted by atomic mass is 10.1. The van der Waals surface area contributed by atoms with E-state index in [1.165, 1.54) is 30.4 Å². The maximum atomic E-state index is 9.28. The number of hydrogen-bond donors (Lipinski definition) is 1. The van der Waals surface area contributed by atoms with Crippen LogP contribution in [0.5, 0.6) is 5.75 Å². The van der Waals surface area contributed by atoms with Crippen LogP contribution in [0.4, 0.5) is 0 Å². The molecular weight excluding hydrogens is 200 g/mol. The van der Waals surface area contributed by atoms with Crippen molar-refractivity contribution in [1.82, 2.24) is 0 Å². The van der Waals surface area contributed by atoms with Crippen LogP contribution in [0.15, 0.2) is 18.2 Å². The van der Waals surface area contributed by atoms with Crippen LogP contribution < -0.4 is 4.74 Å². The summed E-state index contributed by atoms with van der Waals surface area (Å²) in [5, 5.41) is 9.28.